The fourth-order valence-corrected chi connectivity index (χ4v) is 5.69. The molecule has 0 aromatic rings. The molecule has 0 aromatic heterocycles. The molecule has 0 aromatic carbocycles. The second-order valence-electron chi connectivity index (χ2n) is 6.67. The first kappa shape index (κ1) is 13.6. The van der Waals surface area contributed by atoms with Gasteiger partial charge in [0.25, 0.3) is 0 Å². The molecule has 5 nitrogen and oxygen atoms in total. The molecule has 5 heteroatoms. The smallest absolute Gasteiger partial charge is 0.306 e. The van der Waals surface area contributed by atoms with Gasteiger partial charge in [-0.05, 0) is 49.4 Å². The average molecular weight is 279 g/mol. The number of ether oxygens (including phenoxy) is 1. The summed E-state index contributed by atoms with van der Waals surface area (Å²) in [5.41, 5.74) is -0.426. The maximum atomic E-state index is 11.9. The van der Waals surface area contributed by atoms with Gasteiger partial charge in [0.15, 0.2) is 0 Å². The Morgan fingerprint density at radius 2 is 2.15 bits per heavy atom. The Labute approximate surface area is 118 Å². The quantitative estimate of drug-likeness (QED) is 0.324. The standard InChI is InChI=1S/C15H21NO4/c1-3-14-7-10-5-11(14)15(9-16(18)19,12(14)6-10)8-13(17)20-4-2/h3,10-12H,1,4-9H2,2H3/t10?,11-,12+,14?,15?. The van der Waals surface area contributed by atoms with Crippen LogP contribution in [0.4, 0.5) is 0 Å². The van der Waals surface area contributed by atoms with Crippen LogP contribution in [0.3, 0.4) is 0 Å². The molecule has 0 heterocycles. The molecule has 0 aliphatic heterocycles. The highest BCUT2D eigenvalue weighted by atomic mass is 16.6. The zero-order chi connectivity index (χ0) is 14.5. The molecule has 3 unspecified atom stereocenters. The molecule has 0 saturated heterocycles. The molecule has 3 saturated carbocycles. The van der Waals surface area contributed by atoms with E-state index in [1.54, 1.807) is 6.92 Å². The van der Waals surface area contributed by atoms with Crippen LogP contribution >= 0.6 is 0 Å². The van der Waals surface area contributed by atoms with Gasteiger partial charge in [0, 0.05) is 4.92 Å². The fourth-order valence-electron chi connectivity index (χ4n) is 5.69. The summed E-state index contributed by atoms with van der Waals surface area (Å²) in [5.74, 6) is 0.865. The Morgan fingerprint density at radius 1 is 1.50 bits per heavy atom. The number of rotatable bonds is 6. The third-order valence-corrected chi connectivity index (χ3v) is 6.05. The van der Waals surface area contributed by atoms with Crippen LogP contribution in [-0.2, 0) is 9.53 Å². The molecule has 3 aliphatic rings. The monoisotopic (exact) mass is 279 g/mol. The van der Waals surface area contributed by atoms with E-state index in [0.29, 0.717) is 12.5 Å². The van der Waals surface area contributed by atoms with Crippen molar-refractivity contribution in [2.45, 2.75) is 32.6 Å². The van der Waals surface area contributed by atoms with Crippen molar-refractivity contribution in [1.29, 1.82) is 0 Å². The second-order valence-corrected chi connectivity index (χ2v) is 6.67. The summed E-state index contributed by atoms with van der Waals surface area (Å²) in [5, 5.41) is 11.1. The number of nitrogens with zero attached hydrogens (tertiary/aromatic N) is 1. The van der Waals surface area contributed by atoms with Gasteiger partial charge >= 0.3 is 5.97 Å². The maximum absolute atomic E-state index is 11.9. The lowest BCUT2D eigenvalue weighted by Gasteiger charge is -2.64. The Bertz CT molecular complexity index is 458. The minimum atomic E-state index is -0.489. The molecule has 5 atom stereocenters. The first-order chi connectivity index (χ1) is 9.48. The van der Waals surface area contributed by atoms with E-state index in [1.807, 2.05) is 6.08 Å². The molecule has 110 valence electrons. The number of fused-ring (bicyclic) bond motifs is 1. The summed E-state index contributed by atoms with van der Waals surface area (Å²) in [6, 6.07) is 0. The molecule has 0 amide bonds. The normalized spacial score (nSPS) is 44.0. The molecule has 0 N–H and O–H groups in total. The van der Waals surface area contributed by atoms with E-state index in [2.05, 4.69) is 6.58 Å². The number of carbonyl (C=O) groups is 1. The Hall–Kier alpha value is -1.39. The summed E-state index contributed by atoms with van der Waals surface area (Å²) >= 11 is 0. The van der Waals surface area contributed by atoms with Crippen molar-refractivity contribution in [2.24, 2.45) is 28.6 Å². The minimum Gasteiger partial charge on any atom is -0.466 e. The van der Waals surface area contributed by atoms with Gasteiger partial charge in [-0.2, -0.15) is 0 Å². The molecule has 3 aliphatic carbocycles. The summed E-state index contributed by atoms with van der Waals surface area (Å²) < 4.78 is 5.05. The van der Waals surface area contributed by atoms with E-state index < -0.39 is 5.41 Å². The number of hydrogen-bond donors (Lipinski definition) is 0. The van der Waals surface area contributed by atoms with Crippen molar-refractivity contribution in [2.75, 3.05) is 13.2 Å². The molecular formula is C15H21NO4. The zero-order valence-corrected chi connectivity index (χ0v) is 11.8. The predicted molar refractivity (Wildman–Crippen MR) is 72.5 cm³/mol. The van der Waals surface area contributed by atoms with Crippen molar-refractivity contribution in [3.05, 3.63) is 22.8 Å². The van der Waals surface area contributed by atoms with Crippen LogP contribution < -0.4 is 0 Å². The number of allylic oxidation sites excluding steroid dienone is 1. The van der Waals surface area contributed by atoms with Crippen LogP contribution in [-0.4, -0.2) is 24.0 Å². The Morgan fingerprint density at radius 3 is 2.65 bits per heavy atom. The number of esters is 1. The highest BCUT2D eigenvalue weighted by molar-refractivity contribution is 5.71. The van der Waals surface area contributed by atoms with Crippen molar-refractivity contribution in [1.82, 2.24) is 0 Å². The van der Waals surface area contributed by atoms with Gasteiger partial charge in [0.2, 0.25) is 6.54 Å². The van der Waals surface area contributed by atoms with E-state index >= 15 is 0 Å². The Balaban J connectivity index is 1.88. The molecule has 3 fully saturated rings. The summed E-state index contributed by atoms with van der Waals surface area (Å²) in [4.78, 5) is 22.8. The van der Waals surface area contributed by atoms with E-state index in [0.717, 1.165) is 19.3 Å². The van der Waals surface area contributed by atoms with Crippen LogP contribution in [0, 0.1) is 38.7 Å². The first-order valence-corrected chi connectivity index (χ1v) is 7.39. The van der Waals surface area contributed by atoms with Gasteiger partial charge in [-0.3, -0.25) is 14.9 Å². The zero-order valence-electron chi connectivity index (χ0n) is 11.8. The Kier molecular flexibility index (Phi) is 2.92. The third-order valence-electron chi connectivity index (χ3n) is 6.05. The van der Waals surface area contributed by atoms with E-state index in [-0.39, 0.29) is 41.1 Å². The average Bonchev–Trinajstić information content (AvgIpc) is 2.89. The highest BCUT2D eigenvalue weighted by Gasteiger charge is 2.78. The van der Waals surface area contributed by atoms with Crippen LogP contribution in [0.1, 0.15) is 32.6 Å². The van der Waals surface area contributed by atoms with Gasteiger partial charge in [-0.25, -0.2) is 0 Å². The van der Waals surface area contributed by atoms with Crippen LogP contribution in [0.5, 0.6) is 0 Å². The first-order valence-electron chi connectivity index (χ1n) is 7.39. The lowest BCUT2D eigenvalue weighted by molar-refractivity contribution is -0.515. The van der Waals surface area contributed by atoms with Crippen molar-refractivity contribution < 1.29 is 14.5 Å². The van der Waals surface area contributed by atoms with E-state index in [9.17, 15) is 14.9 Å². The minimum absolute atomic E-state index is 0.0627. The molecule has 2 bridgehead atoms. The summed E-state index contributed by atoms with van der Waals surface area (Å²) in [6.45, 7) is 5.96. The van der Waals surface area contributed by atoms with Gasteiger partial charge in [0.05, 0.1) is 18.4 Å². The van der Waals surface area contributed by atoms with Crippen LogP contribution in [0.15, 0.2) is 12.7 Å². The summed E-state index contributed by atoms with van der Waals surface area (Å²) in [7, 11) is 0. The molecule has 20 heavy (non-hydrogen) atoms. The molecular weight excluding hydrogens is 258 g/mol. The van der Waals surface area contributed by atoms with Crippen molar-refractivity contribution in [3.63, 3.8) is 0 Å². The van der Waals surface area contributed by atoms with Crippen LogP contribution in [0.25, 0.3) is 0 Å². The molecule has 0 radical (unpaired) electrons. The fraction of sp³-hybridized carbons (Fsp3) is 0.800. The lowest BCUT2D eigenvalue weighted by atomic mass is 9.38. The van der Waals surface area contributed by atoms with Gasteiger partial charge in [-0.1, -0.05) is 6.08 Å². The second kappa shape index (κ2) is 4.30. The predicted octanol–water partition coefficient (Wildman–Crippen LogP) is 2.43. The number of carbonyl (C=O) groups excluding carboxylic acids is 1. The largest absolute Gasteiger partial charge is 0.466 e. The van der Waals surface area contributed by atoms with Gasteiger partial charge in [-0.15, -0.1) is 6.58 Å². The highest BCUT2D eigenvalue weighted by Crippen LogP contribution is 2.80. The van der Waals surface area contributed by atoms with Gasteiger partial charge < -0.3 is 4.74 Å². The third kappa shape index (κ3) is 1.52. The van der Waals surface area contributed by atoms with E-state index in [4.69, 9.17) is 4.74 Å². The summed E-state index contributed by atoms with van der Waals surface area (Å²) in [6.07, 6.45) is 5.33. The molecule has 3 rings (SSSR count). The topological polar surface area (TPSA) is 69.4 Å². The number of nitro groups is 1. The van der Waals surface area contributed by atoms with Crippen molar-refractivity contribution in [3.8, 4) is 0 Å². The maximum Gasteiger partial charge on any atom is 0.306 e. The van der Waals surface area contributed by atoms with Crippen LogP contribution in [0.2, 0.25) is 0 Å². The van der Waals surface area contributed by atoms with Gasteiger partial charge in [0.1, 0.15) is 0 Å². The molecule has 0 spiro atoms. The lowest BCUT2D eigenvalue weighted by Crippen LogP contribution is -2.65. The van der Waals surface area contributed by atoms with Crippen molar-refractivity contribution >= 4 is 5.97 Å². The SMILES string of the molecule is C=CC12CC3C[C@H]1C(CC(=O)OCC)(C[N+](=O)[O-])[C@H]2C3. The number of hydrogen-bond acceptors (Lipinski definition) is 4. The van der Waals surface area contributed by atoms with E-state index in [1.165, 1.54) is 0 Å².